The highest BCUT2D eigenvalue weighted by atomic mass is 16.5. The number of rotatable bonds is 7. The van der Waals surface area contributed by atoms with E-state index in [-0.39, 0.29) is 17.9 Å². The fraction of sp³-hybridized carbons (Fsp3) is 0.562. The molecule has 0 amide bonds. The Morgan fingerprint density at radius 1 is 1.26 bits per heavy atom. The van der Waals surface area contributed by atoms with Crippen LogP contribution in [-0.4, -0.2) is 19.1 Å². The number of nitrogens with one attached hydrogen (secondary N) is 1. The summed E-state index contributed by atoms with van der Waals surface area (Å²) in [6.07, 6.45) is 3.57. The molecule has 0 aromatic heterocycles. The second-order valence-corrected chi connectivity index (χ2v) is 5.05. The van der Waals surface area contributed by atoms with Crippen molar-refractivity contribution in [3.8, 4) is 0 Å². The summed E-state index contributed by atoms with van der Waals surface area (Å²) in [6.45, 7) is 6.07. The Morgan fingerprint density at radius 2 is 1.89 bits per heavy atom. The van der Waals surface area contributed by atoms with E-state index in [2.05, 4.69) is 36.5 Å². The molecule has 106 valence electrons. The second kappa shape index (κ2) is 7.82. The monoisotopic (exact) mass is 263 g/mol. The largest absolute Gasteiger partial charge is 0.469 e. The average molecular weight is 263 g/mol. The van der Waals surface area contributed by atoms with E-state index in [1.54, 1.807) is 0 Å². The highest BCUT2D eigenvalue weighted by Crippen LogP contribution is 2.16. The van der Waals surface area contributed by atoms with E-state index >= 15 is 0 Å². The molecule has 0 aliphatic rings. The van der Waals surface area contributed by atoms with E-state index in [1.165, 1.54) is 25.5 Å². The van der Waals surface area contributed by atoms with Gasteiger partial charge in [0.1, 0.15) is 0 Å². The van der Waals surface area contributed by atoms with Crippen molar-refractivity contribution in [3.05, 3.63) is 29.8 Å². The summed E-state index contributed by atoms with van der Waals surface area (Å²) in [7, 11) is 1.42. The summed E-state index contributed by atoms with van der Waals surface area (Å²) in [6, 6.07) is 8.49. The fourth-order valence-corrected chi connectivity index (χ4v) is 1.93. The number of hydrogen-bond acceptors (Lipinski definition) is 3. The molecule has 3 heteroatoms. The van der Waals surface area contributed by atoms with Gasteiger partial charge in [0.05, 0.1) is 13.0 Å². The molecule has 1 aromatic carbocycles. The number of aryl methyl sites for hydroxylation is 1. The summed E-state index contributed by atoms with van der Waals surface area (Å²) in [5.41, 5.74) is 2.41. The molecule has 0 spiro atoms. The third-order valence-electron chi connectivity index (χ3n) is 3.49. The molecular formula is C16H25NO2. The first-order valence-electron chi connectivity index (χ1n) is 7.01. The predicted molar refractivity (Wildman–Crippen MR) is 79.3 cm³/mol. The van der Waals surface area contributed by atoms with Crippen molar-refractivity contribution in [1.82, 2.24) is 0 Å². The number of esters is 1. The van der Waals surface area contributed by atoms with Crippen LogP contribution >= 0.6 is 0 Å². The Morgan fingerprint density at radius 3 is 2.42 bits per heavy atom. The van der Waals surface area contributed by atoms with Crippen LogP contribution in [0.15, 0.2) is 24.3 Å². The lowest BCUT2D eigenvalue weighted by Gasteiger charge is -2.20. The number of carbonyl (C=O) groups excluding carboxylic acids is 1. The molecule has 0 aliphatic heterocycles. The standard InChI is InChI=1S/C16H25NO2/c1-5-6-7-14-8-10-15(11-9-14)17-13(3)12(2)16(18)19-4/h8-13,17H,5-7H2,1-4H3. The summed E-state index contributed by atoms with van der Waals surface area (Å²) in [5, 5.41) is 3.34. The summed E-state index contributed by atoms with van der Waals surface area (Å²) in [5.74, 6) is -0.343. The number of benzene rings is 1. The number of ether oxygens (including phenoxy) is 1. The van der Waals surface area contributed by atoms with Crippen LogP contribution in [0.5, 0.6) is 0 Å². The number of anilines is 1. The maximum absolute atomic E-state index is 11.5. The number of hydrogen-bond donors (Lipinski definition) is 1. The van der Waals surface area contributed by atoms with Crippen LogP contribution < -0.4 is 5.32 Å². The van der Waals surface area contributed by atoms with E-state index in [9.17, 15) is 4.79 Å². The van der Waals surface area contributed by atoms with Crippen LogP contribution in [-0.2, 0) is 16.0 Å². The smallest absolute Gasteiger partial charge is 0.310 e. The minimum atomic E-state index is -0.181. The van der Waals surface area contributed by atoms with Gasteiger partial charge in [-0.15, -0.1) is 0 Å². The van der Waals surface area contributed by atoms with Gasteiger partial charge in [-0.2, -0.15) is 0 Å². The van der Waals surface area contributed by atoms with Crippen LogP contribution in [0.25, 0.3) is 0 Å². The van der Waals surface area contributed by atoms with Crippen molar-refractivity contribution in [3.63, 3.8) is 0 Å². The average Bonchev–Trinajstić information content (AvgIpc) is 2.44. The molecule has 1 rings (SSSR count). The minimum Gasteiger partial charge on any atom is -0.469 e. The number of unbranched alkanes of at least 4 members (excludes halogenated alkanes) is 1. The zero-order valence-corrected chi connectivity index (χ0v) is 12.4. The van der Waals surface area contributed by atoms with Gasteiger partial charge in [0.2, 0.25) is 0 Å². The van der Waals surface area contributed by atoms with Crippen molar-refractivity contribution in [1.29, 1.82) is 0 Å². The van der Waals surface area contributed by atoms with E-state index in [4.69, 9.17) is 4.74 Å². The zero-order chi connectivity index (χ0) is 14.3. The van der Waals surface area contributed by atoms with Crippen molar-refractivity contribution < 1.29 is 9.53 Å². The van der Waals surface area contributed by atoms with Crippen LogP contribution in [0.4, 0.5) is 5.69 Å². The Balaban J connectivity index is 2.55. The molecule has 0 radical (unpaired) electrons. The Labute approximate surface area is 116 Å². The molecule has 1 aromatic rings. The maximum atomic E-state index is 11.5. The van der Waals surface area contributed by atoms with Gasteiger partial charge in [0.25, 0.3) is 0 Å². The molecule has 2 atom stereocenters. The van der Waals surface area contributed by atoms with Gasteiger partial charge in [-0.3, -0.25) is 4.79 Å². The Bertz CT molecular complexity index is 386. The molecular weight excluding hydrogens is 238 g/mol. The van der Waals surface area contributed by atoms with Crippen molar-refractivity contribution >= 4 is 11.7 Å². The quantitative estimate of drug-likeness (QED) is 0.763. The topological polar surface area (TPSA) is 38.3 Å². The summed E-state index contributed by atoms with van der Waals surface area (Å²) < 4.78 is 4.76. The van der Waals surface area contributed by atoms with Gasteiger partial charge in [0.15, 0.2) is 0 Å². The molecule has 0 bridgehead atoms. The predicted octanol–water partition coefficient (Wildman–Crippen LogP) is 3.64. The molecule has 0 fully saturated rings. The van der Waals surface area contributed by atoms with E-state index in [1.807, 2.05) is 13.8 Å². The highest BCUT2D eigenvalue weighted by Gasteiger charge is 2.20. The Kier molecular flexibility index (Phi) is 6.40. The van der Waals surface area contributed by atoms with E-state index in [0.717, 1.165) is 12.1 Å². The summed E-state index contributed by atoms with van der Waals surface area (Å²) >= 11 is 0. The molecule has 0 saturated heterocycles. The van der Waals surface area contributed by atoms with Crippen molar-refractivity contribution in [2.45, 2.75) is 46.1 Å². The van der Waals surface area contributed by atoms with Gasteiger partial charge in [0, 0.05) is 11.7 Å². The minimum absolute atomic E-state index is 0.0499. The van der Waals surface area contributed by atoms with Crippen molar-refractivity contribution in [2.24, 2.45) is 5.92 Å². The van der Waals surface area contributed by atoms with Crippen molar-refractivity contribution in [2.75, 3.05) is 12.4 Å². The van der Waals surface area contributed by atoms with E-state index < -0.39 is 0 Å². The fourth-order valence-electron chi connectivity index (χ4n) is 1.93. The van der Waals surface area contributed by atoms with Gasteiger partial charge < -0.3 is 10.1 Å². The summed E-state index contributed by atoms with van der Waals surface area (Å²) in [4.78, 5) is 11.5. The number of carbonyl (C=O) groups is 1. The molecule has 0 heterocycles. The van der Waals surface area contributed by atoms with Crippen LogP contribution in [0.3, 0.4) is 0 Å². The normalized spacial score (nSPS) is 13.7. The lowest BCUT2D eigenvalue weighted by Crippen LogP contribution is -2.30. The van der Waals surface area contributed by atoms with Gasteiger partial charge >= 0.3 is 5.97 Å². The van der Waals surface area contributed by atoms with Gasteiger partial charge in [-0.25, -0.2) is 0 Å². The van der Waals surface area contributed by atoms with Gasteiger partial charge in [-0.05, 0) is 44.4 Å². The third kappa shape index (κ3) is 4.93. The van der Waals surface area contributed by atoms with Crippen LogP contribution in [0, 0.1) is 5.92 Å². The first kappa shape index (κ1) is 15.5. The molecule has 19 heavy (non-hydrogen) atoms. The lowest BCUT2D eigenvalue weighted by molar-refractivity contribution is -0.145. The van der Waals surface area contributed by atoms with Crippen LogP contribution in [0.1, 0.15) is 39.2 Å². The van der Waals surface area contributed by atoms with Gasteiger partial charge in [-0.1, -0.05) is 25.5 Å². The Hall–Kier alpha value is -1.51. The van der Waals surface area contributed by atoms with E-state index in [0.29, 0.717) is 0 Å². The number of methoxy groups -OCH3 is 1. The second-order valence-electron chi connectivity index (χ2n) is 5.05. The zero-order valence-electron chi connectivity index (χ0n) is 12.4. The highest BCUT2D eigenvalue weighted by molar-refractivity contribution is 5.73. The third-order valence-corrected chi connectivity index (χ3v) is 3.49. The first-order chi connectivity index (χ1) is 9.08. The SMILES string of the molecule is CCCCc1ccc(NC(C)C(C)C(=O)OC)cc1. The van der Waals surface area contributed by atoms with Crippen LogP contribution in [0.2, 0.25) is 0 Å². The lowest BCUT2D eigenvalue weighted by atomic mass is 10.0. The molecule has 2 unspecified atom stereocenters. The molecule has 1 N–H and O–H groups in total. The maximum Gasteiger partial charge on any atom is 0.310 e. The first-order valence-corrected chi connectivity index (χ1v) is 7.01. The molecule has 0 aliphatic carbocycles. The molecule has 3 nitrogen and oxygen atoms in total. The molecule has 0 saturated carbocycles.